The summed E-state index contributed by atoms with van der Waals surface area (Å²) in [6.07, 6.45) is 41.4. The van der Waals surface area contributed by atoms with E-state index in [1.165, 1.54) is 173 Å². The van der Waals surface area contributed by atoms with E-state index in [9.17, 15) is 15.3 Å². The summed E-state index contributed by atoms with van der Waals surface area (Å²) in [5, 5.41) is 31.3. The maximum atomic E-state index is 10.9. The van der Waals surface area contributed by atoms with Gasteiger partial charge in [-0.05, 0) is 38.0 Å². The Bertz CT molecular complexity index is 621. The fraction of sp³-hybridized carbons (Fsp3) is 1.00. The molecule has 2 unspecified atom stereocenters. The van der Waals surface area contributed by atoms with Crippen LogP contribution in [0.4, 0.5) is 0 Å². The second-order valence-electron chi connectivity index (χ2n) is 16.4. The van der Waals surface area contributed by atoms with Crippen molar-refractivity contribution in [3.8, 4) is 0 Å². The molecule has 51 heavy (non-hydrogen) atoms. The maximum Gasteiger partial charge on any atom is 0.0667 e. The monoisotopic (exact) mass is 726 g/mol. The SMILES string of the molecule is CCCCCCCCCC(CCCCC(O)CN(CCO)C[C@@H](O)CCCCCCCC(CCCCC)CCCCC)OCCCCCCCC. The van der Waals surface area contributed by atoms with E-state index < -0.39 is 6.10 Å². The molecule has 0 radical (unpaired) electrons. The Labute approximate surface area is 320 Å². The first kappa shape index (κ1) is 50.8. The zero-order valence-electron chi connectivity index (χ0n) is 35.4. The van der Waals surface area contributed by atoms with E-state index in [1.54, 1.807) is 0 Å². The third-order valence-corrected chi connectivity index (χ3v) is 11.2. The van der Waals surface area contributed by atoms with Gasteiger partial charge in [-0.25, -0.2) is 0 Å². The van der Waals surface area contributed by atoms with Gasteiger partial charge in [0.05, 0.1) is 24.9 Å². The molecule has 0 aliphatic carbocycles. The standard InChI is InChI=1S/C46H95NO4/c1-5-9-13-15-17-21-27-36-46(51-40-30-22-16-14-10-6-2)37-29-28-35-45(50)42-47(38-39-48)41-44(49)34-26-20-18-19-25-33-43(31-23-11-7-3)32-24-12-8-4/h43-46,48-50H,5-42H2,1-4H3/t44-,45?,46?/m0/s1. The Balaban J connectivity index is 4.33. The molecule has 0 aromatic heterocycles. The fourth-order valence-corrected chi connectivity index (χ4v) is 7.84. The highest BCUT2D eigenvalue weighted by Crippen LogP contribution is 2.24. The van der Waals surface area contributed by atoms with Crippen LogP contribution in [-0.4, -0.2) is 71.4 Å². The summed E-state index contributed by atoms with van der Waals surface area (Å²) in [6.45, 7) is 11.7. The molecule has 0 aromatic carbocycles. The first-order chi connectivity index (χ1) is 25.0. The third-order valence-electron chi connectivity index (χ3n) is 11.2. The lowest BCUT2D eigenvalue weighted by molar-refractivity contribution is 0.0329. The average molecular weight is 726 g/mol. The minimum Gasteiger partial charge on any atom is -0.395 e. The van der Waals surface area contributed by atoms with Gasteiger partial charge in [-0.2, -0.15) is 0 Å². The molecule has 0 aromatic rings. The minimum atomic E-state index is -0.415. The smallest absolute Gasteiger partial charge is 0.0667 e. The van der Waals surface area contributed by atoms with Crippen molar-refractivity contribution in [3.05, 3.63) is 0 Å². The highest BCUT2D eigenvalue weighted by molar-refractivity contribution is 4.70. The van der Waals surface area contributed by atoms with E-state index in [0.29, 0.717) is 25.7 Å². The molecule has 0 rings (SSSR count). The molecule has 3 N–H and O–H groups in total. The predicted octanol–water partition coefficient (Wildman–Crippen LogP) is 13.0. The van der Waals surface area contributed by atoms with Crippen LogP contribution < -0.4 is 0 Å². The molecule has 0 aliphatic rings. The Morgan fingerprint density at radius 1 is 0.412 bits per heavy atom. The molecule has 308 valence electrons. The van der Waals surface area contributed by atoms with Gasteiger partial charge in [0, 0.05) is 26.2 Å². The predicted molar refractivity (Wildman–Crippen MR) is 224 cm³/mol. The van der Waals surface area contributed by atoms with E-state index in [2.05, 4.69) is 32.6 Å². The van der Waals surface area contributed by atoms with E-state index in [4.69, 9.17) is 4.74 Å². The molecule has 0 bridgehead atoms. The summed E-state index contributed by atoms with van der Waals surface area (Å²) in [4.78, 5) is 2.07. The van der Waals surface area contributed by atoms with Crippen LogP contribution in [0.3, 0.4) is 0 Å². The summed E-state index contributed by atoms with van der Waals surface area (Å²) in [6, 6.07) is 0. The van der Waals surface area contributed by atoms with Gasteiger partial charge in [0.25, 0.3) is 0 Å². The summed E-state index contributed by atoms with van der Waals surface area (Å²) in [5.41, 5.74) is 0. The van der Waals surface area contributed by atoms with E-state index in [-0.39, 0.29) is 12.7 Å². The number of hydrogen-bond donors (Lipinski definition) is 3. The second-order valence-corrected chi connectivity index (χ2v) is 16.4. The van der Waals surface area contributed by atoms with Crippen molar-refractivity contribution in [2.45, 2.75) is 258 Å². The molecule has 0 saturated heterocycles. The minimum absolute atomic E-state index is 0.0630. The van der Waals surface area contributed by atoms with Crippen LogP contribution in [0.5, 0.6) is 0 Å². The first-order valence-corrected chi connectivity index (χ1v) is 23.3. The number of unbranched alkanes of at least 4 members (excludes halogenated alkanes) is 20. The van der Waals surface area contributed by atoms with Gasteiger partial charge >= 0.3 is 0 Å². The van der Waals surface area contributed by atoms with E-state index >= 15 is 0 Å². The second kappa shape index (κ2) is 41.0. The molecular formula is C46H95NO4. The molecule has 0 spiro atoms. The third kappa shape index (κ3) is 36.5. The number of aliphatic hydroxyl groups excluding tert-OH is 3. The number of rotatable bonds is 43. The van der Waals surface area contributed by atoms with Gasteiger partial charge in [-0.15, -0.1) is 0 Å². The van der Waals surface area contributed by atoms with Crippen LogP contribution in [0.2, 0.25) is 0 Å². The lowest BCUT2D eigenvalue weighted by atomic mass is 9.90. The molecule has 3 atom stereocenters. The molecular weight excluding hydrogens is 631 g/mol. The van der Waals surface area contributed by atoms with Gasteiger partial charge in [0.15, 0.2) is 0 Å². The normalized spacial score (nSPS) is 13.8. The highest BCUT2D eigenvalue weighted by atomic mass is 16.5. The van der Waals surface area contributed by atoms with Crippen molar-refractivity contribution < 1.29 is 20.1 Å². The van der Waals surface area contributed by atoms with Crippen LogP contribution in [-0.2, 0) is 4.74 Å². The quantitative estimate of drug-likeness (QED) is 0.0546. The van der Waals surface area contributed by atoms with Gasteiger partial charge in [0.2, 0.25) is 0 Å². The van der Waals surface area contributed by atoms with Crippen molar-refractivity contribution in [2.75, 3.05) is 32.8 Å². The van der Waals surface area contributed by atoms with Gasteiger partial charge in [-0.3, -0.25) is 4.90 Å². The average Bonchev–Trinajstić information content (AvgIpc) is 3.11. The molecule has 0 fully saturated rings. The number of aliphatic hydroxyl groups is 3. The summed E-state index contributed by atoms with van der Waals surface area (Å²) >= 11 is 0. The Morgan fingerprint density at radius 3 is 1.22 bits per heavy atom. The van der Waals surface area contributed by atoms with Crippen LogP contribution in [0.1, 0.15) is 240 Å². The van der Waals surface area contributed by atoms with Crippen molar-refractivity contribution in [2.24, 2.45) is 5.92 Å². The Kier molecular flexibility index (Phi) is 40.8. The van der Waals surface area contributed by atoms with Crippen LogP contribution >= 0.6 is 0 Å². The highest BCUT2D eigenvalue weighted by Gasteiger charge is 2.16. The largest absolute Gasteiger partial charge is 0.395 e. The summed E-state index contributed by atoms with van der Waals surface area (Å²) in [5.74, 6) is 0.933. The first-order valence-electron chi connectivity index (χ1n) is 23.3. The molecule has 5 nitrogen and oxygen atoms in total. The number of ether oxygens (including phenoxy) is 1. The maximum absolute atomic E-state index is 10.9. The lowest BCUT2D eigenvalue weighted by Crippen LogP contribution is -2.39. The van der Waals surface area contributed by atoms with Crippen molar-refractivity contribution >= 4 is 0 Å². The summed E-state index contributed by atoms with van der Waals surface area (Å²) in [7, 11) is 0. The molecule has 0 saturated carbocycles. The Morgan fingerprint density at radius 2 is 0.745 bits per heavy atom. The molecule has 0 heterocycles. The zero-order valence-corrected chi connectivity index (χ0v) is 35.4. The fourth-order valence-electron chi connectivity index (χ4n) is 7.84. The van der Waals surface area contributed by atoms with Gasteiger partial charge < -0.3 is 20.1 Å². The van der Waals surface area contributed by atoms with Crippen LogP contribution in [0.25, 0.3) is 0 Å². The van der Waals surface area contributed by atoms with Crippen molar-refractivity contribution in [3.63, 3.8) is 0 Å². The van der Waals surface area contributed by atoms with Gasteiger partial charge in [0.1, 0.15) is 0 Å². The molecule has 0 aliphatic heterocycles. The van der Waals surface area contributed by atoms with Gasteiger partial charge in [-0.1, -0.05) is 207 Å². The molecule has 5 heteroatoms. The van der Waals surface area contributed by atoms with Crippen LogP contribution in [0.15, 0.2) is 0 Å². The Hall–Kier alpha value is -0.200. The van der Waals surface area contributed by atoms with Crippen LogP contribution in [0, 0.1) is 5.92 Å². The van der Waals surface area contributed by atoms with E-state index in [0.717, 1.165) is 51.0 Å². The lowest BCUT2D eigenvalue weighted by Gasteiger charge is -2.27. The van der Waals surface area contributed by atoms with E-state index in [1.807, 2.05) is 0 Å². The van der Waals surface area contributed by atoms with Crippen molar-refractivity contribution in [1.82, 2.24) is 4.90 Å². The number of nitrogens with zero attached hydrogens (tertiary/aromatic N) is 1. The summed E-state index contributed by atoms with van der Waals surface area (Å²) < 4.78 is 6.42. The zero-order chi connectivity index (χ0) is 37.5. The van der Waals surface area contributed by atoms with Crippen molar-refractivity contribution in [1.29, 1.82) is 0 Å². The molecule has 0 amide bonds. The number of hydrogen-bond acceptors (Lipinski definition) is 5. The topological polar surface area (TPSA) is 73.2 Å².